The van der Waals surface area contributed by atoms with Crippen LogP contribution in [0, 0.1) is 5.92 Å². The Hall–Kier alpha value is -1.84. The minimum atomic E-state index is -0.272. The normalized spacial score (nSPS) is 12.7. The van der Waals surface area contributed by atoms with Crippen LogP contribution in [0.1, 0.15) is 54.0 Å². The van der Waals surface area contributed by atoms with E-state index in [2.05, 4.69) is 4.42 Å². The zero-order valence-electron chi connectivity index (χ0n) is 11.8. The molecule has 0 radical (unpaired) electrons. The van der Waals surface area contributed by atoms with E-state index in [0.29, 0.717) is 18.4 Å². The summed E-state index contributed by atoms with van der Waals surface area (Å²) in [6, 6.07) is 3.33. The van der Waals surface area contributed by atoms with Crippen LogP contribution in [0.4, 0.5) is 0 Å². The van der Waals surface area contributed by atoms with Gasteiger partial charge in [-0.2, -0.15) is 0 Å². The third kappa shape index (κ3) is 7.49. The fourth-order valence-electron chi connectivity index (χ4n) is 1.48. The van der Waals surface area contributed by atoms with Crippen molar-refractivity contribution in [3.63, 3.8) is 0 Å². The van der Waals surface area contributed by atoms with Crippen molar-refractivity contribution in [2.45, 2.75) is 48.5 Å². The Kier molecular flexibility index (Phi) is 10.2. The summed E-state index contributed by atoms with van der Waals surface area (Å²) < 4.78 is 9.26. The van der Waals surface area contributed by atoms with Crippen LogP contribution in [-0.2, 0) is 9.53 Å². The van der Waals surface area contributed by atoms with Gasteiger partial charge in [-0.3, -0.25) is 0 Å². The van der Waals surface area contributed by atoms with Crippen LogP contribution in [0.2, 0.25) is 0 Å². The fraction of sp³-hybridized carbons (Fsp3) is 0.529. The summed E-state index contributed by atoms with van der Waals surface area (Å²) in [5.41, 5.74) is 1.85. The van der Waals surface area contributed by atoms with Gasteiger partial charge in [0.15, 0.2) is 0 Å². The molecule has 0 atom stereocenters. The van der Waals surface area contributed by atoms with Gasteiger partial charge in [0.25, 0.3) is 0 Å². The zero-order valence-corrected chi connectivity index (χ0v) is 11.8. The van der Waals surface area contributed by atoms with Crippen molar-refractivity contribution in [1.82, 2.24) is 0 Å². The molecule has 1 aromatic rings. The highest BCUT2D eigenvalue weighted by atomic mass is 16.5. The first-order valence-electron chi connectivity index (χ1n) is 6.36. The summed E-state index contributed by atoms with van der Waals surface area (Å²) in [4.78, 5) is 21.1. The molecule has 0 amide bonds. The molecule has 4 nitrogen and oxygen atoms in total. The molecular weight excluding hydrogens is 268 g/mol. The molecular formula is C17H28O4. The second-order valence-electron chi connectivity index (χ2n) is 5.02. The lowest BCUT2D eigenvalue weighted by Crippen LogP contribution is -1.98. The third-order valence-corrected chi connectivity index (χ3v) is 2.82. The monoisotopic (exact) mass is 296 g/mol. The molecule has 1 aliphatic rings. The van der Waals surface area contributed by atoms with Gasteiger partial charge in [0.05, 0.1) is 6.26 Å². The lowest BCUT2D eigenvalue weighted by molar-refractivity contribution is -0.134. The predicted molar refractivity (Wildman–Crippen MR) is 86.4 cm³/mol. The van der Waals surface area contributed by atoms with Gasteiger partial charge in [-0.05, 0) is 29.0 Å². The average molecular weight is 296 g/mol. The van der Waals surface area contributed by atoms with Gasteiger partial charge in [-0.1, -0.05) is 42.5 Å². The first kappa shape index (κ1) is 21.5. The molecule has 2 heterocycles. The summed E-state index contributed by atoms with van der Waals surface area (Å²) in [5, 5.41) is 0. The van der Waals surface area contributed by atoms with E-state index >= 15 is 0 Å². The number of hydrogen-bond donors (Lipinski definition) is 0. The first-order chi connectivity index (χ1) is 8.90. The molecule has 0 spiro atoms. The molecule has 0 bridgehead atoms. The van der Waals surface area contributed by atoms with Crippen molar-refractivity contribution < 1.29 is 13.9 Å². The number of esters is 1. The number of hydrogen-bond acceptors (Lipinski definition) is 4. The maximum Gasteiger partial charge on any atom is 0.335 e. The van der Waals surface area contributed by atoms with Gasteiger partial charge >= 0.3 is 11.6 Å². The minimum absolute atomic E-state index is 0. The first-order valence-corrected chi connectivity index (χ1v) is 6.36. The summed E-state index contributed by atoms with van der Waals surface area (Å²) in [5.74, 6) is 0.638. The molecule has 120 valence electrons. The third-order valence-electron chi connectivity index (χ3n) is 2.82. The van der Waals surface area contributed by atoms with Crippen LogP contribution in [0.25, 0.3) is 0 Å². The second-order valence-corrected chi connectivity index (χ2v) is 5.02. The van der Waals surface area contributed by atoms with Crippen LogP contribution >= 0.6 is 0 Å². The quantitative estimate of drug-likeness (QED) is 0.769. The van der Waals surface area contributed by atoms with E-state index in [-0.39, 0.29) is 26.4 Å². The van der Waals surface area contributed by atoms with Crippen molar-refractivity contribution >= 4 is 5.97 Å². The molecule has 0 fully saturated rings. The molecule has 21 heavy (non-hydrogen) atoms. The van der Waals surface area contributed by atoms with Crippen molar-refractivity contribution in [2.24, 2.45) is 5.92 Å². The standard InChI is InChI=1S/C8H10O2.C7H10O2.2CH4/c1-6(2)7-3-4-10-8(9)5-7;1-5(2)6-3-7(8)9-4-6;;/h3-6H,1-2H3;3,5H,4H2,1-2H3;2*1H4. The number of cyclic esters (lactones) is 1. The second kappa shape index (κ2) is 9.97. The van der Waals surface area contributed by atoms with Crippen molar-refractivity contribution in [3.05, 3.63) is 46.0 Å². The summed E-state index contributed by atoms with van der Waals surface area (Å²) in [7, 11) is 0. The molecule has 0 saturated heterocycles. The van der Waals surface area contributed by atoms with Crippen molar-refractivity contribution in [2.75, 3.05) is 6.61 Å². The topological polar surface area (TPSA) is 56.5 Å². The number of ether oxygens (including phenoxy) is 1. The summed E-state index contributed by atoms with van der Waals surface area (Å²) in [6.07, 6.45) is 3.00. The molecule has 0 aliphatic carbocycles. The molecule has 0 unspecified atom stereocenters. The smallest absolute Gasteiger partial charge is 0.335 e. The van der Waals surface area contributed by atoms with E-state index in [1.54, 1.807) is 6.08 Å². The zero-order chi connectivity index (χ0) is 14.4. The van der Waals surface area contributed by atoms with Gasteiger partial charge < -0.3 is 9.15 Å². The Labute approximate surface area is 127 Å². The Bertz CT molecular complexity index is 510. The molecule has 1 aliphatic heterocycles. The van der Waals surface area contributed by atoms with E-state index in [1.807, 2.05) is 33.8 Å². The summed E-state index contributed by atoms with van der Waals surface area (Å²) in [6.45, 7) is 8.67. The van der Waals surface area contributed by atoms with Gasteiger partial charge in [0.2, 0.25) is 0 Å². The maximum absolute atomic E-state index is 10.6. The molecule has 0 saturated carbocycles. The van der Waals surface area contributed by atoms with Crippen molar-refractivity contribution in [1.29, 1.82) is 0 Å². The highest BCUT2D eigenvalue weighted by molar-refractivity contribution is 5.85. The maximum atomic E-state index is 10.6. The molecule has 0 aromatic carbocycles. The highest BCUT2D eigenvalue weighted by Gasteiger charge is 2.14. The van der Waals surface area contributed by atoms with Gasteiger partial charge in [0.1, 0.15) is 6.61 Å². The number of carbonyl (C=O) groups is 1. The van der Waals surface area contributed by atoms with Crippen LogP contribution < -0.4 is 5.63 Å². The fourth-order valence-corrected chi connectivity index (χ4v) is 1.48. The van der Waals surface area contributed by atoms with E-state index < -0.39 is 0 Å². The Morgan fingerprint density at radius 1 is 1.05 bits per heavy atom. The lowest BCUT2D eigenvalue weighted by atomic mass is 10.1. The van der Waals surface area contributed by atoms with E-state index in [1.165, 1.54) is 12.3 Å². The van der Waals surface area contributed by atoms with E-state index in [9.17, 15) is 9.59 Å². The molecule has 1 aromatic heterocycles. The SMILES string of the molecule is C.C.CC(C)C1=CC(=O)OC1.CC(C)c1ccoc(=O)c1. The minimum Gasteiger partial charge on any atom is -0.458 e. The van der Waals surface area contributed by atoms with Gasteiger partial charge in [-0.25, -0.2) is 9.59 Å². The number of rotatable bonds is 2. The Morgan fingerprint density at radius 3 is 1.95 bits per heavy atom. The van der Waals surface area contributed by atoms with E-state index in [0.717, 1.165) is 11.1 Å². The van der Waals surface area contributed by atoms with Gasteiger partial charge in [-0.15, -0.1) is 0 Å². The van der Waals surface area contributed by atoms with Crippen LogP contribution in [0.3, 0.4) is 0 Å². The predicted octanol–water partition coefficient (Wildman–Crippen LogP) is 4.16. The Balaban J connectivity index is 0. The highest BCUT2D eigenvalue weighted by Crippen LogP contribution is 2.14. The average Bonchev–Trinajstić information content (AvgIpc) is 2.77. The number of carbonyl (C=O) groups excluding carboxylic acids is 1. The van der Waals surface area contributed by atoms with Crippen LogP contribution in [0.5, 0.6) is 0 Å². The molecule has 2 rings (SSSR count). The largest absolute Gasteiger partial charge is 0.458 e. The Morgan fingerprint density at radius 2 is 1.67 bits per heavy atom. The molecule has 4 heteroatoms. The van der Waals surface area contributed by atoms with Gasteiger partial charge in [0, 0.05) is 12.1 Å². The van der Waals surface area contributed by atoms with Crippen LogP contribution in [0.15, 0.2) is 39.3 Å². The summed E-state index contributed by atoms with van der Waals surface area (Å²) >= 11 is 0. The van der Waals surface area contributed by atoms with Crippen LogP contribution in [-0.4, -0.2) is 12.6 Å². The van der Waals surface area contributed by atoms with E-state index in [4.69, 9.17) is 4.74 Å². The molecule has 0 N–H and O–H groups in total. The van der Waals surface area contributed by atoms with Crippen molar-refractivity contribution in [3.8, 4) is 0 Å². The lowest BCUT2D eigenvalue weighted by Gasteiger charge is -2.00.